The molecule has 1 aromatic heterocycles. The largest absolute Gasteiger partial charge is 0.772 e. The molecule has 0 aliphatic carbocycles. The molecule has 2 aromatic carbocycles. The number of carbonyl (C=O) groups is 1. The number of amides is 1. The Labute approximate surface area is 178 Å². The van der Waals surface area contributed by atoms with Gasteiger partial charge in [0.05, 0.1) is 6.54 Å². The monoisotopic (exact) mass is 423 g/mol. The van der Waals surface area contributed by atoms with Crippen molar-refractivity contribution in [2.24, 2.45) is 0 Å². The van der Waals surface area contributed by atoms with Gasteiger partial charge in [0.15, 0.2) is 0 Å². The average Bonchev–Trinajstić information content (AvgIpc) is 2.69. The van der Waals surface area contributed by atoms with Crippen LogP contribution in [0.25, 0.3) is 22.3 Å². The third-order valence-electron chi connectivity index (χ3n) is 4.43. The summed E-state index contributed by atoms with van der Waals surface area (Å²) in [6.07, 6.45) is 1.69. The molecule has 1 heterocycles. The minimum atomic E-state index is -2.12. The summed E-state index contributed by atoms with van der Waals surface area (Å²) in [7, 11) is 3.67. The number of benzene rings is 2. The Balaban J connectivity index is 1.81. The molecule has 0 aliphatic rings. The second-order valence-corrected chi connectivity index (χ2v) is 8.06. The van der Waals surface area contributed by atoms with Gasteiger partial charge >= 0.3 is 0 Å². The molecule has 7 nitrogen and oxygen atoms in total. The van der Waals surface area contributed by atoms with Crippen LogP contribution in [0.15, 0.2) is 60.8 Å². The van der Waals surface area contributed by atoms with Crippen LogP contribution in [-0.2, 0) is 21.6 Å². The fraction of sp³-hybridized carbons (Fsp3) is 0.182. The molecule has 3 rings (SSSR count). The first kappa shape index (κ1) is 21.6. The Hall–Kier alpha value is -3.07. The van der Waals surface area contributed by atoms with E-state index in [2.05, 4.69) is 10.3 Å². The van der Waals surface area contributed by atoms with Crippen molar-refractivity contribution in [3.05, 3.63) is 66.4 Å². The molecular weight excluding hydrogens is 400 g/mol. The second kappa shape index (κ2) is 9.62. The molecule has 0 bridgehead atoms. The van der Waals surface area contributed by atoms with E-state index >= 15 is 0 Å². The van der Waals surface area contributed by atoms with Gasteiger partial charge in [0.25, 0.3) is 0 Å². The third kappa shape index (κ3) is 5.73. The van der Waals surface area contributed by atoms with Gasteiger partial charge in [-0.25, -0.2) is 4.98 Å². The van der Waals surface area contributed by atoms with Crippen molar-refractivity contribution in [2.75, 3.05) is 31.7 Å². The van der Waals surface area contributed by atoms with E-state index in [1.807, 2.05) is 56.6 Å². The molecule has 3 N–H and O–H groups in total. The summed E-state index contributed by atoms with van der Waals surface area (Å²) < 4.78 is 21.7. The number of likely N-dealkylation sites (N-methyl/N-ethyl adjacent to an activating group) is 1. The molecular formula is C22H23N4O3S-. The first-order valence-electron chi connectivity index (χ1n) is 9.27. The average molecular weight is 424 g/mol. The van der Waals surface area contributed by atoms with E-state index in [1.54, 1.807) is 23.2 Å². The highest BCUT2D eigenvalue weighted by atomic mass is 32.2. The van der Waals surface area contributed by atoms with Crippen LogP contribution < -0.4 is 11.1 Å². The van der Waals surface area contributed by atoms with Crippen LogP contribution >= 0.6 is 0 Å². The van der Waals surface area contributed by atoms with E-state index in [-0.39, 0.29) is 11.7 Å². The van der Waals surface area contributed by atoms with Gasteiger partial charge in [-0.15, -0.1) is 0 Å². The fourth-order valence-corrected chi connectivity index (χ4v) is 3.48. The molecule has 8 heteroatoms. The topological polar surface area (TPSA) is 111 Å². The number of pyridine rings is 1. The van der Waals surface area contributed by atoms with E-state index in [0.717, 1.165) is 27.8 Å². The van der Waals surface area contributed by atoms with Crippen molar-refractivity contribution in [1.29, 1.82) is 0 Å². The smallest absolute Gasteiger partial charge is 0.238 e. The fourth-order valence-electron chi connectivity index (χ4n) is 3.01. The van der Waals surface area contributed by atoms with Crippen LogP contribution in [0.3, 0.4) is 0 Å². The lowest BCUT2D eigenvalue weighted by molar-refractivity contribution is -0.116. The van der Waals surface area contributed by atoms with Gasteiger partial charge in [0.1, 0.15) is 5.82 Å². The van der Waals surface area contributed by atoms with E-state index in [0.29, 0.717) is 18.1 Å². The van der Waals surface area contributed by atoms with Gasteiger partial charge in [0, 0.05) is 28.8 Å². The molecule has 1 amide bonds. The maximum Gasteiger partial charge on any atom is 0.238 e. The maximum absolute atomic E-state index is 11.9. The summed E-state index contributed by atoms with van der Waals surface area (Å²) in [6, 6.07) is 16.7. The lowest BCUT2D eigenvalue weighted by Gasteiger charge is -2.12. The zero-order valence-corrected chi connectivity index (χ0v) is 17.6. The highest BCUT2D eigenvalue weighted by Crippen LogP contribution is 2.30. The van der Waals surface area contributed by atoms with Crippen molar-refractivity contribution in [1.82, 2.24) is 9.88 Å². The van der Waals surface area contributed by atoms with Crippen LogP contribution in [0.4, 0.5) is 11.5 Å². The normalized spacial score (nSPS) is 12.0. The molecule has 0 radical (unpaired) electrons. The Morgan fingerprint density at radius 1 is 1.07 bits per heavy atom. The number of nitrogens with zero attached hydrogens (tertiary/aromatic N) is 2. The van der Waals surface area contributed by atoms with Crippen LogP contribution in [0.2, 0.25) is 0 Å². The van der Waals surface area contributed by atoms with Gasteiger partial charge in [-0.05, 0) is 49.0 Å². The molecule has 0 aliphatic heterocycles. The van der Waals surface area contributed by atoms with E-state index in [4.69, 9.17) is 5.73 Å². The number of aromatic nitrogens is 1. The zero-order valence-electron chi connectivity index (χ0n) is 16.8. The number of rotatable bonds is 7. The van der Waals surface area contributed by atoms with Crippen molar-refractivity contribution >= 4 is 28.5 Å². The van der Waals surface area contributed by atoms with Crippen LogP contribution in [0.5, 0.6) is 0 Å². The number of nitrogens with one attached hydrogen (secondary N) is 1. The SMILES string of the molecule is CN(C)CC(=O)Nc1ccc(-c2cc(-c3ccc(CS(=O)[O-])cc3)cnc2N)cc1. The van der Waals surface area contributed by atoms with Crippen molar-refractivity contribution < 1.29 is 13.6 Å². The van der Waals surface area contributed by atoms with Gasteiger partial charge in [-0.2, -0.15) is 0 Å². The molecule has 3 aromatic rings. The summed E-state index contributed by atoms with van der Waals surface area (Å²) in [4.78, 5) is 18.0. The quantitative estimate of drug-likeness (QED) is 0.565. The summed E-state index contributed by atoms with van der Waals surface area (Å²) in [5.41, 5.74) is 11.0. The van der Waals surface area contributed by atoms with Gasteiger partial charge < -0.3 is 20.5 Å². The maximum atomic E-state index is 11.9. The summed E-state index contributed by atoms with van der Waals surface area (Å²) >= 11 is -2.12. The summed E-state index contributed by atoms with van der Waals surface area (Å²) in [5, 5.41) is 2.85. The molecule has 156 valence electrons. The zero-order chi connectivity index (χ0) is 21.7. The van der Waals surface area contributed by atoms with E-state index < -0.39 is 11.1 Å². The van der Waals surface area contributed by atoms with Crippen molar-refractivity contribution in [3.63, 3.8) is 0 Å². The Morgan fingerprint density at radius 2 is 1.70 bits per heavy atom. The predicted molar refractivity (Wildman–Crippen MR) is 119 cm³/mol. The number of nitrogens with two attached hydrogens (primary N) is 1. The number of hydrogen-bond donors (Lipinski definition) is 2. The number of anilines is 2. The molecule has 0 saturated carbocycles. The predicted octanol–water partition coefficient (Wildman–Crippen LogP) is 2.88. The van der Waals surface area contributed by atoms with Gasteiger partial charge in [-0.3, -0.25) is 9.00 Å². The summed E-state index contributed by atoms with van der Waals surface area (Å²) in [6.45, 7) is 0.310. The van der Waals surface area contributed by atoms with E-state index in [9.17, 15) is 13.6 Å². The minimum Gasteiger partial charge on any atom is -0.772 e. The molecule has 1 atom stereocenters. The van der Waals surface area contributed by atoms with Crippen LogP contribution in [0.1, 0.15) is 5.56 Å². The highest BCUT2D eigenvalue weighted by Gasteiger charge is 2.09. The molecule has 0 spiro atoms. The lowest BCUT2D eigenvalue weighted by Crippen LogP contribution is -2.27. The Bertz CT molecular complexity index is 1050. The Kier molecular flexibility index (Phi) is 6.94. The lowest BCUT2D eigenvalue weighted by atomic mass is 10.0. The summed E-state index contributed by atoms with van der Waals surface area (Å²) in [5.74, 6) is 0.310. The minimum absolute atomic E-state index is 0.0110. The van der Waals surface area contributed by atoms with Gasteiger partial charge in [0.2, 0.25) is 5.91 Å². The van der Waals surface area contributed by atoms with Crippen molar-refractivity contribution in [2.45, 2.75) is 5.75 Å². The number of carbonyl (C=O) groups excluding carboxylic acids is 1. The molecule has 0 saturated heterocycles. The second-order valence-electron chi connectivity index (χ2n) is 7.17. The van der Waals surface area contributed by atoms with Crippen molar-refractivity contribution in [3.8, 4) is 22.3 Å². The molecule has 1 unspecified atom stereocenters. The first-order valence-corrected chi connectivity index (χ1v) is 10.5. The first-order chi connectivity index (χ1) is 14.3. The standard InChI is InChI=1S/C22H24N4O3S/c1-26(2)13-21(27)25-19-9-7-17(8-10-19)20-11-18(12-24-22(20)23)16-5-3-15(4-6-16)14-30(28)29/h3-12H,13-14H2,1-2H3,(H2,23,24)(H,25,27)(H,28,29)/p-1. The van der Waals surface area contributed by atoms with Crippen LogP contribution in [0, 0.1) is 0 Å². The number of hydrogen-bond acceptors (Lipinski definition) is 6. The molecule has 0 fully saturated rings. The molecule has 30 heavy (non-hydrogen) atoms. The Morgan fingerprint density at radius 3 is 2.30 bits per heavy atom. The highest BCUT2D eigenvalue weighted by molar-refractivity contribution is 7.78. The number of nitrogen functional groups attached to an aromatic ring is 1. The van der Waals surface area contributed by atoms with Crippen LogP contribution in [-0.4, -0.2) is 45.2 Å². The van der Waals surface area contributed by atoms with Gasteiger partial charge in [-0.1, -0.05) is 47.5 Å². The van der Waals surface area contributed by atoms with E-state index in [1.165, 1.54) is 0 Å². The third-order valence-corrected chi connectivity index (χ3v) is 5.00.